The van der Waals surface area contributed by atoms with Crippen LogP contribution in [0.25, 0.3) is 0 Å². The summed E-state index contributed by atoms with van der Waals surface area (Å²) >= 11 is -1.77. The topological polar surface area (TPSA) is 26.0 Å². The van der Waals surface area contributed by atoms with Gasteiger partial charge in [0.1, 0.15) is 0 Å². The first-order valence-electron chi connectivity index (χ1n) is 1.85. The summed E-state index contributed by atoms with van der Waals surface area (Å²) in [5, 5.41) is 0. The van der Waals surface area contributed by atoms with Gasteiger partial charge < -0.3 is 0 Å². The maximum absolute atomic E-state index is 5.39. The molecule has 0 radical (unpaired) electrons. The molecule has 7 heavy (non-hydrogen) atoms. The van der Waals surface area contributed by atoms with Gasteiger partial charge in [0.05, 0.1) is 0 Å². The zero-order valence-corrected chi connectivity index (χ0v) is 7.03. The normalized spacial score (nSPS) is 13.4. The van der Waals surface area contributed by atoms with Crippen LogP contribution < -0.4 is 5.73 Å². The first-order chi connectivity index (χ1) is 2.94. The molecule has 0 amide bonds. The molecule has 44 valence electrons. The Hall–Kier alpha value is 0.140. The van der Waals surface area contributed by atoms with Crippen LogP contribution in [0.5, 0.6) is 0 Å². The number of nitrogens with two attached hydrogens (primary N) is 1. The van der Waals surface area contributed by atoms with Gasteiger partial charge in [-0.1, -0.05) is 0 Å². The maximum atomic E-state index is 5.39. The number of hydrogen-bond donors (Lipinski definition) is 1. The van der Waals surface area contributed by atoms with Gasteiger partial charge in [-0.15, -0.1) is 0 Å². The van der Waals surface area contributed by atoms with Crippen molar-refractivity contribution in [2.24, 2.45) is 5.73 Å². The molecular formula is C5H12IN. The van der Waals surface area contributed by atoms with Crippen LogP contribution in [-0.2, 0) is 0 Å². The number of halogens is 1. The Morgan fingerprint density at radius 1 is 1.57 bits per heavy atom. The van der Waals surface area contributed by atoms with E-state index >= 15 is 0 Å². The van der Waals surface area contributed by atoms with Crippen molar-refractivity contribution in [3.63, 3.8) is 0 Å². The first kappa shape index (κ1) is 7.14. The van der Waals surface area contributed by atoms with Crippen LogP contribution in [0.2, 0.25) is 0 Å². The van der Waals surface area contributed by atoms with Crippen LogP contribution >= 0.6 is 18.0 Å². The molecule has 0 unspecified atom stereocenters. The molecule has 0 rings (SSSR count). The molecule has 1 nitrogen and oxygen atoms in total. The molecule has 2 N–H and O–H groups in total. The van der Waals surface area contributed by atoms with E-state index in [1.807, 2.05) is 0 Å². The Labute approximate surface area is 48.6 Å². The predicted octanol–water partition coefficient (Wildman–Crippen LogP) is 1.15. The van der Waals surface area contributed by atoms with E-state index in [1.165, 1.54) is 0 Å². The summed E-state index contributed by atoms with van der Waals surface area (Å²) in [5.74, 6) is 0. The zero-order valence-electron chi connectivity index (χ0n) is 4.87. The Bertz CT molecular complexity index is 120. The quantitative estimate of drug-likeness (QED) is 0.394. The summed E-state index contributed by atoms with van der Waals surface area (Å²) in [5.41, 5.74) is 5.39. The molecule has 0 aliphatic heterocycles. The second kappa shape index (κ2) is 1.94. The fourth-order valence-electron chi connectivity index (χ4n) is 0. The van der Waals surface area contributed by atoms with E-state index in [9.17, 15) is 0 Å². The van der Waals surface area contributed by atoms with E-state index in [4.69, 9.17) is 5.73 Å². The van der Waals surface area contributed by atoms with Crippen LogP contribution in [0.15, 0.2) is 10.3 Å². The minimum absolute atomic E-state index is 0.812. The summed E-state index contributed by atoms with van der Waals surface area (Å²) < 4.78 is 4.74. The van der Waals surface area contributed by atoms with Gasteiger partial charge in [-0.3, -0.25) is 0 Å². The molecule has 0 fully saturated rings. The summed E-state index contributed by atoms with van der Waals surface area (Å²) in [6.45, 7) is 3.62. The van der Waals surface area contributed by atoms with Crippen LogP contribution in [0.4, 0.5) is 0 Å². The van der Waals surface area contributed by atoms with Crippen molar-refractivity contribution in [2.75, 3.05) is 9.86 Å². The molecule has 2 heteroatoms. The van der Waals surface area contributed by atoms with Gasteiger partial charge in [0.2, 0.25) is 0 Å². The minimum atomic E-state index is -1.77. The summed E-state index contributed by atoms with van der Waals surface area (Å²) in [4.78, 5) is 4.21. The van der Waals surface area contributed by atoms with E-state index < -0.39 is 18.0 Å². The molecule has 0 aromatic carbocycles. The summed E-state index contributed by atoms with van der Waals surface area (Å²) in [7, 11) is 0. The third-order valence-electron chi connectivity index (χ3n) is 0.657. The Morgan fingerprint density at radius 3 is 1.71 bits per heavy atom. The molecule has 0 saturated heterocycles. The van der Waals surface area contributed by atoms with Gasteiger partial charge in [0, 0.05) is 0 Å². The van der Waals surface area contributed by atoms with Crippen molar-refractivity contribution < 1.29 is 0 Å². The van der Waals surface area contributed by atoms with Crippen LogP contribution in [0, 0.1) is 0 Å². The number of alkyl halides is 2. The monoisotopic (exact) mass is 213 g/mol. The molecule has 0 saturated carbocycles. The van der Waals surface area contributed by atoms with Gasteiger partial charge in [-0.05, 0) is 0 Å². The Balaban J connectivity index is 4.09. The Kier molecular flexibility index (Phi) is 1.98. The standard InChI is InChI=1S/C5H12IN/c1-5(7)6(2,3)4/h1-2,7H2,3-4H3. The summed E-state index contributed by atoms with van der Waals surface area (Å²) in [6.07, 6.45) is 0. The Morgan fingerprint density at radius 2 is 1.71 bits per heavy atom. The average molecular weight is 213 g/mol. The van der Waals surface area contributed by atoms with Gasteiger partial charge in [0.25, 0.3) is 0 Å². The number of rotatable bonds is 1. The van der Waals surface area contributed by atoms with E-state index in [2.05, 4.69) is 21.0 Å². The molecule has 0 aliphatic carbocycles. The average Bonchev–Trinajstić information content (AvgIpc) is 1.31. The second-order valence-electron chi connectivity index (χ2n) is 1.87. The van der Waals surface area contributed by atoms with E-state index in [1.54, 1.807) is 0 Å². The van der Waals surface area contributed by atoms with Gasteiger partial charge in [0.15, 0.2) is 0 Å². The van der Waals surface area contributed by atoms with Gasteiger partial charge >= 0.3 is 48.4 Å². The first-order valence-corrected chi connectivity index (χ1v) is 8.77. The second-order valence-corrected chi connectivity index (χ2v) is 11.4. The van der Waals surface area contributed by atoms with E-state index in [0.29, 0.717) is 0 Å². The van der Waals surface area contributed by atoms with Gasteiger partial charge in [-0.2, -0.15) is 0 Å². The molecule has 0 atom stereocenters. The fraction of sp³-hybridized carbons (Fsp3) is 0.400. The zero-order chi connectivity index (χ0) is 6.08. The molecule has 0 heterocycles. The van der Waals surface area contributed by atoms with Crippen molar-refractivity contribution in [1.82, 2.24) is 0 Å². The number of hydrogen-bond acceptors (Lipinski definition) is 1. The molecule has 0 bridgehead atoms. The SMILES string of the molecule is C=C(N)I(=C)(C)C. The molecule has 0 aliphatic rings. The van der Waals surface area contributed by atoms with Crippen molar-refractivity contribution >= 4 is 22.5 Å². The van der Waals surface area contributed by atoms with Crippen molar-refractivity contribution in [1.29, 1.82) is 0 Å². The van der Waals surface area contributed by atoms with Crippen LogP contribution in [-0.4, -0.2) is 14.4 Å². The van der Waals surface area contributed by atoms with Crippen LogP contribution in [0.3, 0.4) is 0 Å². The molecular weight excluding hydrogens is 201 g/mol. The van der Waals surface area contributed by atoms with E-state index in [0.717, 1.165) is 3.70 Å². The molecule has 0 aromatic rings. The van der Waals surface area contributed by atoms with Gasteiger partial charge in [-0.25, -0.2) is 0 Å². The summed E-state index contributed by atoms with van der Waals surface area (Å²) in [6, 6.07) is 0. The predicted molar refractivity (Wildman–Crippen MR) is 46.3 cm³/mol. The van der Waals surface area contributed by atoms with Crippen LogP contribution in [0.1, 0.15) is 0 Å². The van der Waals surface area contributed by atoms with Crippen molar-refractivity contribution in [2.45, 2.75) is 0 Å². The fourth-order valence-corrected chi connectivity index (χ4v) is 0. The van der Waals surface area contributed by atoms with E-state index in [-0.39, 0.29) is 0 Å². The third kappa shape index (κ3) is 2.79. The third-order valence-corrected chi connectivity index (χ3v) is 4.41. The van der Waals surface area contributed by atoms with Crippen molar-refractivity contribution in [3.05, 3.63) is 10.3 Å². The van der Waals surface area contributed by atoms with Crippen molar-refractivity contribution in [3.8, 4) is 0 Å². The molecule has 0 aromatic heterocycles. The molecule has 0 spiro atoms.